The van der Waals surface area contributed by atoms with Crippen LogP contribution in [0.5, 0.6) is 0 Å². The fourth-order valence-electron chi connectivity index (χ4n) is 4.26. The van der Waals surface area contributed by atoms with E-state index in [1.54, 1.807) is 17.0 Å². The molecule has 5 heteroatoms. The minimum absolute atomic E-state index is 0.109. The number of nitrogens with one attached hydrogen (secondary N) is 1. The molecule has 0 saturated carbocycles. The third-order valence-electron chi connectivity index (χ3n) is 6.31. The lowest BCUT2D eigenvalue weighted by molar-refractivity contribution is -0.141. The summed E-state index contributed by atoms with van der Waals surface area (Å²) in [6.45, 7) is 10.3. The third kappa shape index (κ3) is 8.85. The van der Waals surface area contributed by atoms with Crippen molar-refractivity contribution in [3.8, 4) is 0 Å². The van der Waals surface area contributed by atoms with Gasteiger partial charge in [-0.3, -0.25) is 9.59 Å². The van der Waals surface area contributed by atoms with Gasteiger partial charge in [-0.2, -0.15) is 0 Å². The second-order valence-electron chi connectivity index (χ2n) is 11.0. The van der Waals surface area contributed by atoms with Crippen LogP contribution in [0.1, 0.15) is 69.2 Å². The first-order chi connectivity index (χ1) is 17.5. The highest BCUT2D eigenvalue weighted by molar-refractivity contribution is 5.88. The van der Waals surface area contributed by atoms with Crippen LogP contribution in [0, 0.1) is 5.82 Å². The molecule has 1 atom stereocenters. The first kappa shape index (κ1) is 28.1. The Hall–Kier alpha value is -3.47. The highest BCUT2D eigenvalue weighted by atomic mass is 19.1. The average molecular weight is 503 g/mol. The van der Waals surface area contributed by atoms with Crippen LogP contribution in [0.25, 0.3) is 0 Å². The predicted molar refractivity (Wildman–Crippen MR) is 148 cm³/mol. The molecule has 196 valence electrons. The van der Waals surface area contributed by atoms with Gasteiger partial charge in [0.25, 0.3) is 0 Å². The maximum atomic E-state index is 13.7. The zero-order chi connectivity index (χ0) is 27.0. The van der Waals surface area contributed by atoms with Crippen molar-refractivity contribution in [1.82, 2.24) is 10.2 Å². The Balaban J connectivity index is 1.89. The molecule has 0 radical (unpaired) electrons. The SMILES string of the molecule is CC(C)c1ccc(CCC(=O)N(Cc2ccc(F)cc2)[C@H](Cc2ccccc2)C(=O)NC(C)(C)C)cc1. The molecule has 0 aliphatic rings. The maximum absolute atomic E-state index is 13.7. The summed E-state index contributed by atoms with van der Waals surface area (Å²) in [6.07, 6.45) is 1.24. The van der Waals surface area contributed by atoms with Crippen LogP contribution in [0.3, 0.4) is 0 Å². The number of amides is 2. The predicted octanol–water partition coefficient (Wildman–Crippen LogP) is 6.44. The Kier molecular flexibility index (Phi) is 9.62. The molecule has 0 fully saturated rings. The summed E-state index contributed by atoms with van der Waals surface area (Å²) in [7, 11) is 0. The Morgan fingerprint density at radius 2 is 1.43 bits per heavy atom. The van der Waals surface area contributed by atoms with E-state index in [0.29, 0.717) is 18.8 Å². The molecule has 37 heavy (non-hydrogen) atoms. The van der Waals surface area contributed by atoms with Gasteiger partial charge in [0.05, 0.1) is 0 Å². The summed E-state index contributed by atoms with van der Waals surface area (Å²) >= 11 is 0. The Labute approximate surface area is 220 Å². The number of aryl methyl sites for hydroxylation is 1. The smallest absolute Gasteiger partial charge is 0.243 e. The first-order valence-corrected chi connectivity index (χ1v) is 13.0. The van der Waals surface area contributed by atoms with Gasteiger partial charge in [-0.25, -0.2) is 4.39 Å². The summed E-state index contributed by atoms with van der Waals surface area (Å²) in [5, 5.41) is 3.07. The van der Waals surface area contributed by atoms with E-state index >= 15 is 0 Å². The molecular weight excluding hydrogens is 463 g/mol. The number of nitrogens with zero attached hydrogens (tertiary/aromatic N) is 1. The maximum Gasteiger partial charge on any atom is 0.243 e. The Morgan fingerprint density at radius 3 is 2.00 bits per heavy atom. The molecule has 4 nitrogen and oxygen atoms in total. The molecule has 0 aliphatic carbocycles. The summed E-state index contributed by atoms with van der Waals surface area (Å²) in [5.74, 6) is -0.199. The van der Waals surface area contributed by atoms with Gasteiger partial charge in [-0.15, -0.1) is 0 Å². The van der Waals surface area contributed by atoms with Crippen LogP contribution < -0.4 is 5.32 Å². The van der Waals surface area contributed by atoms with E-state index in [1.807, 2.05) is 51.1 Å². The largest absolute Gasteiger partial charge is 0.350 e. The number of hydrogen-bond donors (Lipinski definition) is 1. The van der Waals surface area contributed by atoms with Crippen molar-refractivity contribution < 1.29 is 14.0 Å². The van der Waals surface area contributed by atoms with E-state index in [0.717, 1.165) is 16.7 Å². The van der Waals surface area contributed by atoms with Crippen LogP contribution in [0.4, 0.5) is 4.39 Å². The summed E-state index contributed by atoms with van der Waals surface area (Å²) in [6, 6.07) is 23.5. The molecule has 1 N–H and O–H groups in total. The second kappa shape index (κ2) is 12.7. The highest BCUT2D eigenvalue weighted by Crippen LogP contribution is 2.19. The second-order valence-corrected chi connectivity index (χ2v) is 11.0. The molecule has 0 heterocycles. The lowest BCUT2D eigenvalue weighted by Crippen LogP contribution is -2.54. The van der Waals surface area contributed by atoms with Crippen LogP contribution in [-0.2, 0) is 29.0 Å². The van der Waals surface area contributed by atoms with Gasteiger partial charge < -0.3 is 10.2 Å². The number of carbonyl (C=O) groups is 2. The van der Waals surface area contributed by atoms with Gasteiger partial charge in [0.2, 0.25) is 11.8 Å². The molecule has 0 aliphatic heterocycles. The number of rotatable bonds is 10. The van der Waals surface area contributed by atoms with Crippen molar-refractivity contribution in [3.05, 3.63) is 107 Å². The lowest BCUT2D eigenvalue weighted by atomic mass is 9.98. The summed E-state index contributed by atoms with van der Waals surface area (Å²) in [4.78, 5) is 29.0. The minimum Gasteiger partial charge on any atom is -0.350 e. The van der Waals surface area contributed by atoms with Crippen molar-refractivity contribution in [2.75, 3.05) is 0 Å². The molecule has 0 aromatic heterocycles. The highest BCUT2D eigenvalue weighted by Gasteiger charge is 2.32. The standard InChI is InChI=1S/C32H39FN2O2/c1-23(2)27-16-11-24(12-17-27)15-20-30(36)35(22-26-13-18-28(33)19-14-26)29(31(37)34-32(3,4)5)21-25-9-7-6-8-10-25/h6-14,16-19,23,29H,15,20-22H2,1-5H3,(H,34,37)/t29-/m1/s1. The van der Waals surface area contributed by atoms with Crippen molar-refractivity contribution in [2.45, 2.75) is 77.9 Å². The molecule has 0 bridgehead atoms. The third-order valence-corrected chi connectivity index (χ3v) is 6.31. The van der Waals surface area contributed by atoms with E-state index in [-0.39, 0.29) is 30.6 Å². The molecule has 0 unspecified atom stereocenters. The zero-order valence-corrected chi connectivity index (χ0v) is 22.6. The molecule has 0 spiro atoms. The normalized spacial score (nSPS) is 12.3. The Morgan fingerprint density at radius 1 is 0.838 bits per heavy atom. The molecular formula is C32H39FN2O2. The fourth-order valence-corrected chi connectivity index (χ4v) is 4.26. The van der Waals surface area contributed by atoms with Gasteiger partial charge in [-0.1, -0.05) is 80.6 Å². The monoisotopic (exact) mass is 502 g/mol. The number of halogens is 1. The van der Waals surface area contributed by atoms with Gasteiger partial charge >= 0.3 is 0 Å². The van der Waals surface area contributed by atoms with Gasteiger partial charge in [0.1, 0.15) is 11.9 Å². The molecule has 0 saturated heterocycles. The first-order valence-electron chi connectivity index (χ1n) is 13.0. The van der Waals surface area contributed by atoms with Crippen LogP contribution in [-0.4, -0.2) is 28.3 Å². The summed E-state index contributed by atoms with van der Waals surface area (Å²) in [5.41, 5.74) is 3.64. The number of benzene rings is 3. The van der Waals surface area contributed by atoms with Crippen molar-refractivity contribution in [3.63, 3.8) is 0 Å². The topological polar surface area (TPSA) is 49.4 Å². The van der Waals surface area contributed by atoms with Crippen molar-refractivity contribution >= 4 is 11.8 Å². The van der Waals surface area contributed by atoms with E-state index < -0.39 is 11.6 Å². The van der Waals surface area contributed by atoms with E-state index in [2.05, 4.69) is 43.4 Å². The quantitative estimate of drug-likeness (QED) is 0.347. The van der Waals surface area contributed by atoms with Crippen LogP contribution >= 0.6 is 0 Å². The lowest BCUT2D eigenvalue weighted by Gasteiger charge is -2.34. The molecule has 3 rings (SSSR count). The minimum atomic E-state index is -0.706. The number of carbonyl (C=O) groups excluding carboxylic acids is 2. The van der Waals surface area contributed by atoms with Crippen LogP contribution in [0.2, 0.25) is 0 Å². The van der Waals surface area contributed by atoms with E-state index in [4.69, 9.17) is 0 Å². The van der Waals surface area contributed by atoms with Crippen LogP contribution in [0.15, 0.2) is 78.9 Å². The fraction of sp³-hybridized carbons (Fsp3) is 0.375. The zero-order valence-electron chi connectivity index (χ0n) is 22.6. The molecule has 2 amide bonds. The summed E-state index contributed by atoms with van der Waals surface area (Å²) < 4.78 is 13.6. The van der Waals surface area contributed by atoms with Gasteiger partial charge in [-0.05, 0) is 67.5 Å². The van der Waals surface area contributed by atoms with E-state index in [1.165, 1.54) is 17.7 Å². The Bertz CT molecular complexity index is 1150. The van der Waals surface area contributed by atoms with Gasteiger partial charge in [0.15, 0.2) is 0 Å². The van der Waals surface area contributed by atoms with Gasteiger partial charge in [0, 0.05) is 24.9 Å². The number of hydrogen-bond acceptors (Lipinski definition) is 2. The average Bonchev–Trinajstić information content (AvgIpc) is 2.85. The van der Waals surface area contributed by atoms with Crippen molar-refractivity contribution in [1.29, 1.82) is 0 Å². The molecule has 3 aromatic carbocycles. The van der Waals surface area contributed by atoms with E-state index in [9.17, 15) is 14.0 Å². The molecule has 3 aromatic rings. The van der Waals surface area contributed by atoms with Crippen molar-refractivity contribution in [2.24, 2.45) is 0 Å².